The molecule has 108 valence electrons. The van der Waals surface area contributed by atoms with Gasteiger partial charge in [0, 0.05) is 0 Å². The van der Waals surface area contributed by atoms with Crippen molar-refractivity contribution in [2.24, 2.45) is 0 Å². The van der Waals surface area contributed by atoms with Gasteiger partial charge in [-0.1, -0.05) is 6.07 Å². The van der Waals surface area contributed by atoms with Crippen molar-refractivity contribution in [2.45, 2.75) is 13.8 Å². The molecule has 0 aliphatic heterocycles. The maximum Gasteiger partial charge on any atom is 0.341 e. The number of ether oxygens (including phenoxy) is 3. The second-order valence-corrected chi connectivity index (χ2v) is 3.95. The Balaban J connectivity index is 3.17. The Kier molecular flexibility index (Phi) is 5.77. The lowest BCUT2D eigenvalue weighted by atomic mass is 10.1. The number of ketones is 1. The molecule has 0 heterocycles. The van der Waals surface area contributed by atoms with Crippen LogP contribution in [0, 0.1) is 0 Å². The van der Waals surface area contributed by atoms with Gasteiger partial charge in [0.15, 0.2) is 17.3 Å². The van der Waals surface area contributed by atoms with Gasteiger partial charge in [0.25, 0.3) is 0 Å². The fourth-order valence-corrected chi connectivity index (χ4v) is 1.62. The van der Waals surface area contributed by atoms with Gasteiger partial charge in [-0.2, -0.15) is 0 Å². The lowest BCUT2D eigenvalue weighted by molar-refractivity contribution is -0.139. The highest BCUT2D eigenvalue weighted by molar-refractivity contribution is 6.19. The zero-order valence-corrected chi connectivity index (χ0v) is 12.1. The topological polar surface area (TPSA) is 61.8 Å². The number of Topliss-reactive ketones (excluding diaryl/α,β-unsaturated/α-hetero) is 1. The molecule has 0 aromatic heterocycles. The summed E-state index contributed by atoms with van der Waals surface area (Å²) in [5, 5.41) is 0. The molecule has 1 rings (SSSR count). The largest absolute Gasteiger partial charge is 0.493 e. The third-order valence-corrected chi connectivity index (χ3v) is 2.59. The summed E-state index contributed by atoms with van der Waals surface area (Å²) in [7, 11) is 3.05. The van der Waals surface area contributed by atoms with Crippen LogP contribution >= 0.6 is 0 Å². The Morgan fingerprint density at radius 2 is 1.80 bits per heavy atom. The molecule has 0 bridgehead atoms. The average Bonchev–Trinajstić information content (AvgIpc) is 2.44. The highest BCUT2D eigenvalue weighted by Crippen LogP contribution is 2.28. The van der Waals surface area contributed by atoms with Crippen LogP contribution in [0.15, 0.2) is 23.8 Å². The van der Waals surface area contributed by atoms with Gasteiger partial charge in [-0.05, 0) is 37.6 Å². The summed E-state index contributed by atoms with van der Waals surface area (Å²) in [4.78, 5) is 23.2. The van der Waals surface area contributed by atoms with E-state index in [2.05, 4.69) is 0 Å². The van der Waals surface area contributed by atoms with E-state index in [4.69, 9.17) is 14.2 Å². The molecule has 0 unspecified atom stereocenters. The van der Waals surface area contributed by atoms with Gasteiger partial charge in [-0.3, -0.25) is 4.79 Å². The van der Waals surface area contributed by atoms with Crippen LogP contribution in [0.1, 0.15) is 19.4 Å². The predicted molar refractivity (Wildman–Crippen MR) is 74.8 cm³/mol. The first kappa shape index (κ1) is 15.8. The maximum atomic E-state index is 11.7. The van der Waals surface area contributed by atoms with Gasteiger partial charge in [0.05, 0.1) is 20.8 Å². The summed E-state index contributed by atoms with van der Waals surface area (Å²) in [5.41, 5.74) is 0.653. The first-order chi connectivity index (χ1) is 9.53. The van der Waals surface area contributed by atoms with Gasteiger partial charge >= 0.3 is 5.97 Å². The van der Waals surface area contributed by atoms with E-state index in [9.17, 15) is 9.59 Å². The van der Waals surface area contributed by atoms with Crippen LogP contribution in [0.3, 0.4) is 0 Å². The molecule has 0 amide bonds. The number of hydrogen-bond acceptors (Lipinski definition) is 5. The minimum atomic E-state index is -0.630. The first-order valence-electron chi connectivity index (χ1n) is 6.15. The fraction of sp³-hybridized carbons (Fsp3) is 0.333. The van der Waals surface area contributed by atoms with Crippen LogP contribution in [-0.2, 0) is 14.3 Å². The Morgan fingerprint density at radius 3 is 2.30 bits per heavy atom. The number of methoxy groups -OCH3 is 2. The quantitative estimate of drug-likeness (QED) is 0.345. The molecule has 1 aromatic carbocycles. The molecule has 0 N–H and O–H groups in total. The minimum absolute atomic E-state index is 0.000861. The Bertz CT molecular complexity index is 531. The van der Waals surface area contributed by atoms with Crippen molar-refractivity contribution >= 4 is 17.8 Å². The summed E-state index contributed by atoms with van der Waals surface area (Å²) in [6.45, 7) is 3.23. The zero-order chi connectivity index (χ0) is 15.1. The third kappa shape index (κ3) is 3.85. The van der Waals surface area contributed by atoms with Crippen LogP contribution in [-0.4, -0.2) is 32.6 Å². The molecular weight excluding hydrogens is 260 g/mol. The summed E-state index contributed by atoms with van der Waals surface area (Å²) >= 11 is 0. The smallest absolute Gasteiger partial charge is 0.341 e. The molecule has 0 aliphatic carbocycles. The lowest BCUT2D eigenvalue weighted by Gasteiger charge is -2.08. The Labute approximate surface area is 118 Å². The Hall–Kier alpha value is -2.30. The van der Waals surface area contributed by atoms with Crippen molar-refractivity contribution in [3.63, 3.8) is 0 Å². The van der Waals surface area contributed by atoms with E-state index in [0.29, 0.717) is 17.1 Å². The van der Waals surface area contributed by atoms with Gasteiger partial charge in [-0.25, -0.2) is 4.79 Å². The van der Waals surface area contributed by atoms with E-state index in [0.717, 1.165) is 0 Å². The predicted octanol–water partition coefficient (Wildman–Crippen LogP) is 2.24. The lowest BCUT2D eigenvalue weighted by Crippen LogP contribution is -2.13. The van der Waals surface area contributed by atoms with Crippen molar-refractivity contribution in [1.29, 1.82) is 0 Å². The molecule has 0 radical (unpaired) electrons. The molecule has 0 spiro atoms. The summed E-state index contributed by atoms with van der Waals surface area (Å²) in [6.07, 6.45) is 1.47. The number of hydrogen-bond donors (Lipinski definition) is 0. The van der Waals surface area contributed by atoms with Crippen LogP contribution in [0.4, 0.5) is 0 Å². The molecule has 20 heavy (non-hydrogen) atoms. The van der Waals surface area contributed by atoms with E-state index >= 15 is 0 Å². The van der Waals surface area contributed by atoms with E-state index in [1.165, 1.54) is 27.2 Å². The SMILES string of the molecule is CCOC(=O)C(=Cc1ccc(OC)c(OC)c1)C(C)=O. The molecule has 0 aliphatic rings. The molecule has 0 saturated carbocycles. The highest BCUT2D eigenvalue weighted by atomic mass is 16.5. The van der Waals surface area contributed by atoms with E-state index in [1.807, 2.05) is 0 Å². The summed E-state index contributed by atoms with van der Waals surface area (Å²) in [5.74, 6) is 0.117. The summed E-state index contributed by atoms with van der Waals surface area (Å²) < 4.78 is 15.2. The van der Waals surface area contributed by atoms with E-state index in [-0.39, 0.29) is 18.0 Å². The van der Waals surface area contributed by atoms with Gasteiger partial charge in [0.2, 0.25) is 0 Å². The second-order valence-electron chi connectivity index (χ2n) is 3.95. The number of benzene rings is 1. The van der Waals surface area contributed by atoms with Crippen molar-refractivity contribution in [1.82, 2.24) is 0 Å². The first-order valence-corrected chi connectivity index (χ1v) is 6.15. The number of rotatable bonds is 6. The second kappa shape index (κ2) is 7.33. The van der Waals surface area contributed by atoms with Crippen molar-refractivity contribution in [3.05, 3.63) is 29.3 Å². The minimum Gasteiger partial charge on any atom is -0.493 e. The molecule has 0 atom stereocenters. The van der Waals surface area contributed by atoms with Crippen LogP contribution in [0.2, 0.25) is 0 Å². The molecule has 5 heteroatoms. The van der Waals surface area contributed by atoms with Gasteiger partial charge in [0.1, 0.15) is 5.57 Å². The van der Waals surface area contributed by atoms with Crippen LogP contribution in [0.25, 0.3) is 6.08 Å². The van der Waals surface area contributed by atoms with Crippen LogP contribution in [0.5, 0.6) is 11.5 Å². The summed E-state index contributed by atoms with van der Waals surface area (Å²) in [6, 6.07) is 5.11. The average molecular weight is 278 g/mol. The molecule has 0 fully saturated rings. The molecule has 1 aromatic rings. The normalized spacial score (nSPS) is 10.9. The van der Waals surface area contributed by atoms with Gasteiger partial charge in [-0.15, -0.1) is 0 Å². The monoisotopic (exact) mass is 278 g/mol. The van der Waals surface area contributed by atoms with Crippen LogP contribution < -0.4 is 9.47 Å². The number of esters is 1. The molecular formula is C15H18O5. The maximum absolute atomic E-state index is 11.7. The zero-order valence-electron chi connectivity index (χ0n) is 12.1. The van der Waals surface area contributed by atoms with E-state index < -0.39 is 5.97 Å². The fourth-order valence-electron chi connectivity index (χ4n) is 1.62. The van der Waals surface area contributed by atoms with E-state index in [1.54, 1.807) is 25.1 Å². The standard InChI is InChI=1S/C15H18O5/c1-5-20-15(17)12(10(2)16)8-11-6-7-13(18-3)14(9-11)19-4/h6-9H,5H2,1-4H3. The molecule has 0 saturated heterocycles. The number of carbonyl (C=O) groups excluding carboxylic acids is 2. The Morgan fingerprint density at radius 1 is 1.15 bits per heavy atom. The van der Waals surface area contributed by atoms with Crippen molar-refractivity contribution in [2.75, 3.05) is 20.8 Å². The third-order valence-electron chi connectivity index (χ3n) is 2.59. The van der Waals surface area contributed by atoms with Crippen molar-refractivity contribution < 1.29 is 23.8 Å². The van der Waals surface area contributed by atoms with Crippen molar-refractivity contribution in [3.8, 4) is 11.5 Å². The highest BCUT2D eigenvalue weighted by Gasteiger charge is 2.16. The molecule has 5 nitrogen and oxygen atoms in total. The van der Waals surface area contributed by atoms with Gasteiger partial charge < -0.3 is 14.2 Å². The number of carbonyl (C=O) groups is 2.